The van der Waals surface area contributed by atoms with Gasteiger partial charge in [0.05, 0.1) is 13.2 Å². The molecule has 1 N–H and O–H groups in total. The molecule has 3 aromatic carbocycles. The van der Waals surface area contributed by atoms with E-state index < -0.39 is 5.97 Å². The molecule has 1 aromatic heterocycles. The molecule has 0 spiro atoms. The quantitative estimate of drug-likeness (QED) is 0.368. The first-order chi connectivity index (χ1) is 16.7. The molecule has 1 saturated carbocycles. The van der Waals surface area contributed by atoms with Crippen LogP contribution < -0.4 is 9.64 Å². The Bertz CT molecular complexity index is 1330. The minimum atomic E-state index is -0.987. The van der Waals surface area contributed by atoms with E-state index in [0.717, 1.165) is 37.4 Å². The molecule has 2 heterocycles. The molecule has 6 nitrogen and oxygen atoms in total. The van der Waals surface area contributed by atoms with Crippen molar-refractivity contribution in [2.24, 2.45) is 0 Å². The van der Waals surface area contributed by atoms with E-state index in [1.165, 1.54) is 5.56 Å². The summed E-state index contributed by atoms with van der Waals surface area (Å²) in [5.74, 6) is 1.28. The molecule has 0 unspecified atom stereocenters. The van der Waals surface area contributed by atoms with Crippen LogP contribution in [-0.2, 0) is 4.74 Å². The topological polar surface area (TPSA) is 72.1 Å². The van der Waals surface area contributed by atoms with E-state index >= 15 is 0 Å². The van der Waals surface area contributed by atoms with Crippen molar-refractivity contribution in [3.8, 4) is 22.8 Å². The Hall–Kier alpha value is -3.77. The van der Waals surface area contributed by atoms with Crippen LogP contribution in [0.25, 0.3) is 22.3 Å². The van der Waals surface area contributed by atoms with Gasteiger partial charge in [0.2, 0.25) is 0 Å². The highest BCUT2D eigenvalue weighted by Gasteiger charge is 2.31. The molecule has 2 fully saturated rings. The molecule has 0 bridgehead atoms. The van der Waals surface area contributed by atoms with Crippen LogP contribution in [0.4, 0.5) is 5.69 Å². The number of carboxylic acid groups (broad SMARTS) is 1. The Balaban J connectivity index is 1.41. The number of para-hydroxylation sites is 1. The summed E-state index contributed by atoms with van der Waals surface area (Å²) in [6.07, 6.45) is 2.28. The summed E-state index contributed by atoms with van der Waals surface area (Å²) in [5.41, 5.74) is 3.87. The van der Waals surface area contributed by atoms with E-state index in [1.807, 2.05) is 66.7 Å². The van der Waals surface area contributed by atoms with Crippen LogP contribution in [0.3, 0.4) is 0 Å². The highest BCUT2D eigenvalue weighted by molar-refractivity contribution is 6.09. The zero-order chi connectivity index (χ0) is 23.1. The molecule has 2 aliphatic rings. The third kappa shape index (κ3) is 3.90. The maximum Gasteiger partial charge on any atom is 0.340 e. The summed E-state index contributed by atoms with van der Waals surface area (Å²) in [6.45, 7) is 3.05. The molecule has 0 amide bonds. The first-order valence-electron chi connectivity index (χ1n) is 11.7. The van der Waals surface area contributed by atoms with Gasteiger partial charge in [0, 0.05) is 35.8 Å². The molecule has 6 heteroatoms. The molecule has 0 radical (unpaired) electrons. The Kier molecular flexibility index (Phi) is 5.23. The van der Waals surface area contributed by atoms with Crippen molar-refractivity contribution in [2.75, 3.05) is 31.2 Å². The van der Waals surface area contributed by atoms with Crippen molar-refractivity contribution in [2.45, 2.75) is 18.8 Å². The van der Waals surface area contributed by atoms with Crippen molar-refractivity contribution in [3.63, 3.8) is 0 Å². The van der Waals surface area contributed by atoms with E-state index in [9.17, 15) is 9.90 Å². The molecule has 1 saturated heterocycles. The Morgan fingerprint density at radius 2 is 1.65 bits per heavy atom. The molecular formula is C28H25NO5. The number of anilines is 1. The van der Waals surface area contributed by atoms with Crippen molar-refractivity contribution in [3.05, 3.63) is 77.9 Å². The van der Waals surface area contributed by atoms with E-state index in [4.69, 9.17) is 13.9 Å². The first-order valence-corrected chi connectivity index (χ1v) is 11.7. The minimum absolute atomic E-state index is 0.210. The number of fused-ring (bicyclic) bond motifs is 1. The predicted octanol–water partition coefficient (Wildman–Crippen LogP) is 6.30. The van der Waals surface area contributed by atoms with Gasteiger partial charge >= 0.3 is 5.97 Å². The van der Waals surface area contributed by atoms with Crippen molar-refractivity contribution >= 4 is 22.6 Å². The van der Waals surface area contributed by atoms with Gasteiger partial charge in [-0.3, -0.25) is 0 Å². The lowest BCUT2D eigenvalue weighted by molar-refractivity contribution is 0.0699. The molecule has 6 rings (SSSR count). The number of ether oxygens (including phenoxy) is 2. The second-order valence-electron chi connectivity index (χ2n) is 8.83. The second kappa shape index (κ2) is 8.54. The summed E-state index contributed by atoms with van der Waals surface area (Å²) in [6, 6.07) is 20.9. The van der Waals surface area contributed by atoms with Gasteiger partial charge in [-0.25, -0.2) is 4.79 Å². The smallest absolute Gasteiger partial charge is 0.340 e. The monoisotopic (exact) mass is 455 g/mol. The van der Waals surface area contributed by atoms with E-state index in [2.05, 4.69) is 4.90 Å². The van der Waals surface area contributed by atoms with Gasteiger partial charge in [0.1, 0.15) is 28.4 Å². The maximum absolute atomic E-state index is 12.4. The average Bonchev–Trinajstić information content (AvgIpc) is 3.65. The van der Waals surface area contributed by atoms with E-state index in [0.29, 0.717) is 47.2 Å². The molecule has 172 valence electrons. The van der Waals surface area contributed by atoms with Crippen LogP contribution in [0.5, 0.6) is 11.5 Å². The van der Waals surface area contributed by atoms with Gasteiger partial charge in [-0.2, -0.15) is 0 Å². The zero-order valence-corrected chi connectivity index (χ0v) is 18.7. The van der Waals surface area contributed by atoms with Crippen LogP contribution in [-0.4, -0.2) is 37.4 Å². The highest BCUT2D eigenvalue weighted by Crippen LogP contribution is 2.47. The van der Waals surface area contributed by atoms with Crippen LogP contribution in [0.1, 0.15) is 34.7 Å². The number of benzene rings is 3. The van der Waals surface area contributed by atoms with Gasteiger partial charge in [0.25, 0.3) is 0 Å². The summed E-state index contributed by atoms with van der Waals surface area (Å²) in [4.78, 5) is 14.7. The Morgan fingerprint density at radius 1 is 0.941 bits per heavy atom. The molecule has 0 atom stereocenters. The molecule has 1 aliphatic carbocycles. The number of hydrogen-bond acceptors (Lipinski definition) is 5. The van der Waals surface area contributed by atoms with Crippen LogP contribution in [0.15, 0.2) is 71.1 Å². The predicted molar refractivity (Wildman–Crippen MR) is 130 cm³/mol. The highest BCUT2D eigenvalue weighted by atomic mass is 16.5. The van der Waals surface area contributed by atoms with Gasteiger partial charge in [0.15, 0.2) is 0 Å². The molecular weight excluding hydrogens is 430 g/mol. The van der Waals surface area contributed by atoms with E-state index in [-0.39, 0.29) is 5.56 Å². The lowest BCUT2D eigenvalue weighted by Crippen LogP contribution is -2.36. The summed E-state index contributed by atoms with van der Waals surface area (Å²) in [5, 5.41) is 10.8. The number of carboxylic acids is 1. The third-order valence-corrected chi connectivity index (χ3v) is 6.52. The number of aromatic carboxylic acids is 1. The summed E-state index contributed by atoms with van der Waals surface area (Å²) >= 11 is 0. The van der Waals surface area contributed by atoms with Crippen LogP contribution in [0.2, 0.25) is 0 Å². The van der Waals surface area contributed by atoms with Gasteiger partial charge in [-0.15, -0.1) is 0 Å². The lowest BCUT2D eigenvalue weighted by Gasteiger charge is -2.30. The van der Waals surface area contributed by atoms with Crippen molar-refractivity contribution < 1.29 is 23.8 Å². The minimum Gasteiger partial charge on any atom is -0.478 e. The fraction of sp³-hybridized carbons (Fsp3) is 0.250. The summed E-state index contributed by atoms with van der Waals surface area (Å²) < 4.78 is 17.6. The lowest BCUT2D eigenvalue weighted by atomic mass is 10.00. The molecule has 4 aromatic rings. The fourth-order valence-electron chi connectivity index (χ4n) is 4.66. The second-order valence-corrected chi connectivity index (χ2v) is 8.83. The zero-order valence-electron chi connectivity index (χ0n) is 18.7. The SMILES string of the molecule is O=C(O)c1c(-c2ccc(Oc3ccccc3)cc2)oc2cc(N3CCOCC3)c(C3CC3)cc12. The number of nitrogens with zero attached hydrogens (tertiary/aromatic N) is 1. The largest absolute Gasteiger partial charge is 0.478 e. The van der Waals surface area contributed by atoms with Crippen molar-refractivity contribution in [1.82, 2.24) is 0 Å². The Labute approximate surface area is 197 Å². The fourth-order valence-corrected chi connectivity index (χ4v) is 4.66. The number of rotatable bonds is 6. The Morgan fingerprint density at radius 3 is 2.32 bits per heavy atom. The van der Waals surface area contributed by atoms with Crippen LogP contribution >= 0.6 is 0 Å². The molecule has 1 aliphatic heterocycles. The van der Waals surface area contributed by atoms with Crippen LogP contribution in [0, 0.1) is 0 Å². The number of morpholine rings is 1. The number of hydrogen-bond donors (Lipinski definition) is 1. The number of furan rings is 1. The van der Waals surface area contributed by atoms with Gasteiger partial charge in [-0.1, -0.05) is 18.2 Å². The number of carbonyl (C=O) groups is 1. The normalized spacial score (nSPS) is 16.1. The standard InChI is InChI=1S/C28H25NO5/c30-28(31)26-23-16-22(18-6-7-18)24(29-12-14-32-15-13-29)17-25(23)34-27(26)19-8-10-21(11-9-19)33-20-4-2-1-3-5-20/h1-5,8-11,16-18H,6-7,12-15H2,(H,30,31). The summed E-state index contributed by atoms with van der Waals surface area (Å²) in [7, 11) is 0. The van der Waals surface area contributed by atoms with Gasteiger partial charge in [-0.05, 0) is 66.8 Å². The average molecular weight is 456 g/mol. The van der Waals surface area contributed by atoms with Crippen molar-refractivity contribution in [1.29, 1.82) is 0 Å². The van der Waals surface area contributed by atoms with Gasteiger partial charge < -0.3 is 23.9 Å². The first kappa shape index (κ1) is 20.8. The van der Waals surface area contributed by atoms with E-state index in [1.54, 1.807) is 0 Å². The third-order valence-electron chi connectivity index (χ3n) is 6.52. The molecule has 34 heavy (non-hydrogen) atoms. The maximum atomic E-state index is 12.4.